The number of rotatable bonds is 4. The number of likely N-dealkylation sites (tertiary alicyclic amines) is 1. The lowest BCUT2D eigenvalue weighted by molar-refractivity contribution is -0.0498. The lowest BCUT2D eigenvalue weighted by Gasteiger charge is -2.43. The first-order valence-electron chi connectivity index (χ1n) is 11.3. The van der Waals surface area contributed by atoms with Gasteiger partial charge in [0.1, 0.15) is 11.7 Å². The van der Waals surface area contributed by atoms with Crippen LogP contribution in [0.2, 0.25) is 0 Å². The Kier molecular flexibility index (Phi) is 5.84. The fourth-order valence-electron chi connectivity index (χ4n) is 5.01. The van der Waals surface area contributed by atoms with Crippen molar-refractivity contribution in [2.75, 3.05) is 13.1 Å². The van der Waals surface area contributed by atoms with Gasteiger partial charge in [0.2, 0.25) is 0 Å². The minimum Gasteiger partial charge on any atom is -0.458 e. The Morgan fingerprint density at radius 2 is 1.84 bits per heavy atom. The van der Waals surface area contributed by atoms with Crippen LogP contribution in [0.25, 0.3) is 0 Å². The number of fused-ring (bicyclic) bond motifs is 1. The third-order valence-electron chi connectivity index (χ3n) is 6.65. The maximum Gasteiger partial charge on any atom is 0.344 e. The van der Waals surface area contributed by atoms with Gasteiger partial charge in [-0.3, -0.25) is 14.5 Å². The maximum absolute atomic E-state index is 12.9. The van der Waals surface area contributed by atoms with E-state index in [1.54, 1.807) is 0 Å². The van der Waals surface area contributed by atoms with Crippen molar-refractivity contribution in [3.8, 4) is 0 Å². The molecule has 1 aliphatic heterocycles. The van der Waals surface area contributed by atoms with Crippen LogP contribution in [-0.2, 0) is 17.7 Å². The number of piperidine rings is 1. The van der Waals surface area contributed by atoms with Crippen LogP contribution in [0.1, 0.15) is 72.5 Å². The molecule has 1 fully saturated rings. The first-order chi connectivity index (χ1) is 15.0. The number of pyridine rings is 1. The number of carbonyl (C=O) groups excluding carboxylic acids is 2. The zero-order chi connectivity index (χ0) is 23.1. The van der Waals surface area contributed by atoms with E-state index in [2.05, 4.69) is 35.9 Å². The Balaban J connectivity index is 1.47. The van der Waals surface area contributed by atoms with Crippen molar-refractivity contribution in [3.63, 3.8) is 0 Å². The summed E-state index contributed by atoms with van der Waals surface area (Å²) in [6.45, 7) is 10.6. The van der Waals surface area contributed by atoms with Crippen LogP contribution in [0.3, 0.4) is 0 Å². The van der Waals surface area contributed by atoms with Gasteiger partial charge in [-0.2, -0.15) is 0 Å². The van der Waals surface area contributed by atoms with E-state index in [-0.39, 0.29) is 28.3 Å². The van der Waals surface area contributed by atoms with Gasteiger partial charge in [-0.05, 0) is 29.9 Å². The van der Waals surface area contributed by atoms with Crippen molar-refractivity contribution in [2.24, 2.45) is 10.8 Å². The number of aromatic nitrogens is 1. The molecule has 1 atom stereocenters. The van der Waals surface area contributed by atoms with E-state index >= 15 is 0 Å². The van der Waals surface area contributed by atoms with Gasteiger partial charge in [0.25, 0.3) is 5.56 Å². The summed E-state index contributed by atoms with van der Waals surface area (Å²) < 4.78 is 5.84. The van der Waals surface area contributed by atoms with Gasteiger partial charge >= 0.3 is 5.97 Å². The van der Waals surface area contributed by atoms with Gasteiger partial charge in [0, 0.05) is 42.7 Å². The highest BCUT2D eigenvalue weighted by atomic mass is 16.5. The predicted molar refractivity (Wildman–Crippen MR) is 123 cm³/mol. The number of H-pyrrole nitrogens is 1. The molecule has 170 valence electrons. The zero-order valence-corrected chi connectivity index (χ0v) is 19.4. The van der Waals surface area contributed by atoms with E-state index in [4.69, 9.17) is 4.74 Å². The van der Waals surface area contributed by atoms with Crippen molar-refractivity contribution >= 4 is 11.8 Å². The van der Waals surface area contributed by atoms with E-state index in [1.165, 1.54) is 11.6 Å². The highest BCUT2D eigenvalue weighted by Gasteiger charge is 2.39. The van der Waals surface area contributed by atoms with Crippen LogP contribution < -0.4 is 5.56 Å². The quantitative estimate of drug-likeness (QED) is 0.733. The van der Waals surface area contributed by atoms with Crippen molar-refractivity contribution < 1.29 is 14.3 Å². The molecule has 0 radical (unpaired) electrons. The fourth-order valence-corrected chi connectivity index (χ4v) is 5.01. The molecular weight excluding hydrogens is 404 g/mol. The number of nitrogens with one attached hydrogen (secondary N) is 1. The second kappa shape index (κ2) is 8.32. The fraction of sp³-hybridized carbons (Fsp3) is 0.500. The van der Waals surface area contributed by atoms with Crippen molar-refractivity contribution in [3.05, 3.63) is 69.1 Å². The molecule has 32 heavy (non-hydrogen) atoms. The van der Waals surface area contributed by atoms with E-state index in [0.29, 0.717) is 30.5 Å². The van der Waals surface area contributed by atoms with Gasteiger partial charge in [-0.25, -0.2) is 4.79 Å². The number of benzene rings is 1. The molecule has 2 aliphatic rings. The van der Waals surface area contributed by atoms with Gasteiger partial charge in [0.15, 0.2) is 5.78 Å². The van der Waals surface area contributed by atoms with E-state index < -0.39 is 11.5 Å². The summed E-state index contributed by atoms with van der Waals surface area (Å²) in [7, 11) is 0. The highest BCUT2D eigenvalue weighted by molar-refractivity contribution is 6.01. The van der Waals surface area contributed by atoms with Crippen LogP contribution in [0.5, 0.6) is 0 Å². The summed E-state index contributed by atoms with van der Waals surface area (Å²) in [6, 6.07) is 11.8. The normalized spacial score (nSPS) is 22.2. The lowest BCUT2D eigenvalue weighted by Crippen LogP contribution is -2.50. The van der Waals surface area contributed by atoms with Crippen LogP contribution in [0.4, 0.5) is 0 Å². The molecule has 4 rings (SSSR count). The number of hydrogen-bond donors (Lipinski definition) is 1. The van der Waals surface area contributed by atoms with Crippen LogP contribution in [-0.4, -0.2) is 40.8 Å². The molecule has 1 N–H and O–H groups in total. The van der Waals surface area contributed by atoms with Crippen molar-refractivity contribution in [1.29, 1.82) is 0 Å². The Labute approximate surface area is 189 Å². The number of esters is 1. The minimum absolute atomic E-state index is 0.0453. The number of Topliss-reactive ketones (excluding diaryl/α,β-unsaturated/α-hetero) is 1. The molecule has 6 nitrogen and oxygen atoms in total. The molecule has 0 amide bonds. The molecule has 0 saturated carbocycles. The lowest BCUT2D eigenvalue weighted by atomic mass is 9.75. The average Bonchev–Trinajstić information content (AvgIpc) is 2.69. The standard InChI is InChI=1S/C26H32N2O4/c1-25(2)13-20-18(21(29)14-25)12-19(23(30)27-20)24(31)32-22-10-11-28(16-26(22,3)4)15-17-8-6-5-7-9-17/h5-9,12,22H,10-11,13-16H2,1-4H3,(H,27,30). The maximum atomic E-state index is 12.9. The van der Waals surface area contributed by atoms with Crippen LogP contribution in [0, 0.1) is 10.8 Å². The molecule has 1 unspecified atom stereocenters. The topological polar surface area (TPSA) is 79.5 Å². The van der Waals surface area contributed by atoms with Crippen LogP contribution in [0.15, 0.2) is 41.2 Å². The molecule has 1 aromatic carbocycles. The summed E-state index contributed by atoms with van der Waals surface area (Å²) in [5, 5.41) is 0. The average molecular weight is 437 g/mol. The third-order valence-corrected chi connectivity index (χ3v) is 6.65. The molecule has 1 aliphatic carbocycles. The summed E-state index contributed by atoms with van der Waals surface area (Å²) in [4.78, 5) is 43.3. The minimum atomic E-state index is -0.652. The van der Waals surface area contributed by atoms with Gasteiger partial charge < -0.3 is 9.72 Å². The number of ether oxygens (including phenoxy) is 1. The second-order valence-electron chi connectivity index (χ2n) is 10.7. The van der Waals surface area contributed by atoms with Gasteiger partial charge in [-0.1, -0.05) is 58.0 Å². The largest absolute Gasteiger partial charge is 0.458 e. The zero-order valence-electron chi connectivity index (χ0n) is 19.4. The molecule has 2 aromatic rings. The molecule has 1 saturated heterocycles. The molecule has 0 spiro atoms. The third kappa shape index (κ3) is 4.70. The summed E-state index contributed by atoms with van der Waals surface area (Å²) in [6.07, 6.45) is 1.40. The van der Waals surface area contributed by atoms with Gasteiger partial charge in [-0.15, -0.1) is 0 Å². The Morgan fingerprint density at radius 3 is 2.53 bits per heavy atom. The number of carbonyl (C=O) groups is 2. The Morgan fingerprint density at radius 1 is 1.12 bits per heavy atom. The van der Waals surface area contributed by atoms with Gasteiger partial charge in [0.05, 0.1) is 0 Å². The van der Waals surface area contributed by atoms with Crippen molar-refractivity contribution in [2.45, 2.75) is 59.6 Å². The van der Waals surface area contributed by atoms with Crippen molar-refractivity contribution in [1.82, 2.24) is 9.88 Å². The number of nitrogens with zero attached hydrogens (tertiary/aromatic N) is 1. The van der Waals surface area contributed by atoms with E-state index in [0.717, 1.165) is 19.6 Å². The SMILES string of the molecule is CC1(C)CC(=O)c2cc(C(=O)OC3CCN(Cc4ccccc4)CC3(C)C)c(=O)[nH]c2C1. The Bertz CT molecular complexity index is 1080. The number of aromatic amines is 1. The summed E-state index contributed by atoms with van der Waals surface area (Å²) in [5.41, 5.74) is 1.27. The smallest absolute Gasteiger partial charge is 0.344 e. The van der Waals surface area contributed by atoms with Crippen LogP contribution >= 0.6 is 0 Å². The number of ketones is 1. The first-order valence-corrected chi connectivity index (χ1v) is 11.3. The molecular formula is C26H32N2O4. The molecule has 0 bridgehead atoms. The Hall–Kier alpha value is -2.73. The highest BCUT2D eigenvalue weighted by Crippen LogP contribution is 2.35. The van der Waals surface area contributed by atoms with E-state index in [9.17, 15) is 14.4 Å². The second-order valence-corrected chi connectivity index (χ2v) is 10.7. The first kappa shape index (κ1) is 22.5. The molecule has 6 heteroatoms. The summed E-state index contributed by atoms with van der Waals surface area (Å²) in [5.74, 6) is -0.697. The monoisotopic (exact) mass is 436 g/mol. The summed E-state index contributed by atoms with van der Waals surface area (Å²) >= 11 is 0. The number of hydrogen-bond acceptors (Lipinski definition) is 5. The van der Waals surface area contributed by atoms with E-state index in [1.807, 2.05) is 32.0 Å². The molecule has 1 aromatic heterocycles. The predicted octanol–water partition coefficient (Wildman–Crippen LogP) is 3.99. The molecule has 2 heterocycles.